The van der Waals surface area contributed by atoms with Crippen molar-refractivity contribution in [3.63, 3.8) is 0 Å². The molecular formula is C16H24N2O4S. The van der Waals surface area contributed by atoms with E-state index in [9.17, 15) is 13.2 Å². The Kier molecular flexibility index (Phi) is 5.64. The highest BCUT2D eigenvalue weighted by molar-refractivity contribution is 7.90. The Labute approximate surface area is 137 Å². The molecule has 23 heavy (non-hydrogen) atoms. The van der Waals surface area contributed by atoms with Crippen molar-refractivity contribution in [3.8, 4) is 5.75 Å². The highest BCUT2D eigenvalue weighted by atomic mass is 32.2. The molecular weight excluding hydrogens is 316 g/mol. The van der Waals surface area contributed by atoms with E-state index in [1.54, 1.807) is 12.0 Å². The van der Waals surface area contributed by atoms with Gasteiger partial charge in [0.2, 0.25) is 5.91 Å². The van der Waals surface area contributed by atoms with Crippen LogP contribution in [0.1, 0.15) is 18.0 Å². The Hall–Kier alpha value is -1.60. The largest absolute Gasteiger partial charge is 0.497 e. The summed E-state index contributed by atoms with van der Waals surface area (Å²) in [5, 5.41) is 0. The van der Waals surface area contributed by atoms with Gasteiger partial charge in [0.05, 0.1) is 18.9 Å². The molecule has 1 aliphatic heterocycles. The molecule has 0 radical (unpaired) electrons. The number of rotatable bonds is 5. The number of hydrogen-bond acceptors (Lipinski definition) is 5. The number of sulfone groups is 1. The summed E-state index contributed by atoms with van der Waals surface area (Å²) >= 11 is 0. The van der Waals surface area contributed by atoms with Crippen molar-refractivity contribution in [1.29, 1.82) is 0 Å². The minimum absolute atomic E-state index is 0.0490. The monoisotopic (exact) mass is 340 g/mol. The second kappa shape index (κ2) is 7.31. The number of ether oxygens (including phenoxy) is 1. The second-order valence-electron chi connectivity index (χ2n) is 5.99. The lowest BCUT2D eigenvalue weighted by molar-refractivity contribution is -0.133. The summed E-state index contributed by atoms with van der Waals surface area (Å²) in [5.41, 5.74) is 1.09. The van der Waals surface area contributed by atoms with Gasteiger partial charge in [-0.15, -0.1) is 0 Å². The van der Waals surface area contributed by atoms with E-state index >= 15 is 0 Å². The molecule has 1 heterocycles. The number of piperazine rings is 1. The van der Waals surface area contributed by atoms with Gasteiger partial charge in [0, 0.05) is 32.3 Å². The lowest BCUT2D eigenvalue weighted by atomic mass is 10.0. The third kappa shape index (κ3) is 4.94. The number of hydrogen-bond donors (Lipinski definition) is 0. The molecule has 2 rings (SSSR count). The quantitative estimate of drug-likeness (QED) is 0.798. The van der Waals surface area contributed by atoms with Crippen LogP contribution in [0.5, 0.6) is 5.75 Å². The van der Waals surface area contributed by atoms with Crippen LogP contribution in [0, 0.1) is 0 Å². The molecule has 7 heteroatoms. The number of carbonyl (C=O) groups is 1. The number of amides is 1. The van der Waals surface area contributed by atoms with Crippen LogP contribution in [0.2, 0.25) is 0 Å². The predicted octanol–water partition coefficient (Wildman–Crippen LogP) is 0.945. The fraction of sp³-hybridized carbons (Fsp3) is 0.562. The van der Waals surface area contributed by atoms with E-state index in [0.29, 0.717) is 13.1 Å². The standard InChI is InChI=1S/C16H24N2O4S/c1-17-8-9-18(16(19)7-10-23(3,20)21)12-15(17)13-5-4-6-14(11-13)22-2/h4-6,11,15H,7-10,12H2,1-3H3. The van der Waals surface area contributed by atoms with E-state index in [1.165, 1.54) is 0 Å². The van der Waals surface area contributed by atoms with Gasteiger partial charge in [-0.05, 0) is 24.7 Å². The van der Waals surface area contributed by atoms with Gasteiger partial charge in [0.15, 0.2) is 0 Å². The van der Waals surface area contributed by atoms with Crippen LogP contribution in [0.4, 0.5) is 0 Å². The van der Waals surface area contributed by atoms with Crippen LogP contribution in [0.15, 0.2) is 24.3 Å². The van der Waals surface area contributed by atoms with Crippen LogP contribution in [-0.4, -0.2) is 69.9 Å². The molecule has 0 bridgehead atoms. The maximum atomic E-state index is 12.3. The molecule has 1 fully saturated rings. The summed E-state index contributed by atoms with van der Waals surface area (Å²) in [6.45, 7) is 1.94. The zero-order chi connectivity index (χ0) is 17.0. The van der Waals surface area contributed by atoms with Gasteiger partial charge in [0.1, 0.15) is 15.6 Å². The first-order valence-electron chi connectivity index (χ1n) is 7.60. The zero-order valence-corrected chi connectivity index (χ0v) is 14.7. The van der Waals surface area contributed by atoms with Gasteiger partial charge in [-0.3, -0.25) is 9.69 Å². The predicted molar refractivity (Wildman–Crippen MR) is 89.3 cm³/mol. The van der Waals surface area contributed by atoms with Crippen LogP contribution in [0.25, 0.3) is 0 Å². The summed E-state index contributed by atoms with van der Waals surface area (Å²) in [7, 11) is 0.542. The minimum Gasteiger partial charge on any atom is -0.497 e. The Morgan fingerprint density at radius 3 is 2.74 bits per heavy atom. The first-order valence-corrected chi connectivity index (χ1v) is 9.66. The number of benzene rings is 1. The van der Waals surface area contributed by atoms with Crippen molar-refractivity contribution in [2.24, 2.45) is 0 Å². The lowest BCUT2D eigenvalue weighted by Crippen LogP contribution is -2.49. The van der Waals surface area contributed by atoms with Crippen molar-refractivity contribution >= 4 is 15.7 Å². The molecule has 1 aliphatic rings. The van der Waals surface area contributed by atoms with Gasteiger partial charge in [0.25, 0.3) is 0 Å². The molecule has 0 spiro atoms. The van der Waals surface area contributed by atoms with Crippen LogP contribution >= 0.6 is 0 Å². The first-order chi connectivity index (χ1) is 10.8. The number of nitrogens with zero attached hydrogens (tertiary/aromatic N) is 2. The summed E-state index contributed by atoms with van der Waals surface area (Å²) in [5.74, 6) is 0.593. The summed E-state index contributed by atoms with van der Waals surface area (Å²) < 4.78 is 27.7. The Bertz CT molecular complexity index is 660. The maximum absolute atomic E-state index is 12.3. The Morgan fingerprint density at radius 1 is 1.35 bits per heavy atom. The molecule has 1 unspecified atom stereocenters. The molecule has 0 saturated carbocycles. The topological polar surface area (TPSA) is 66.9 Å². The highest BCUT2D eigenvalue weighted by Crippen LogP contribution is 2.27. The summed E-state index contributed by atoms with van der Waals surface area (Å²) in [4.78, 5) is 16.2. The van der Waals surface area contributed by atoms with Gasteiger partial charge < -0.3 is 9.64 Å². The average Bonchev–Trinajstić information content (AvgIpc) is 2.52. The van der Waals surface area contributed by atoms with Crippen molar-refractivity contribution < 1.29 is 17.9 Å². The smallest absolute Gasteiger partial charge is 0.223 e. The molecule has 1 aromatic rings. The molecule has 1 atom stereocenters. The normalized spacial score (nSPS) is 19.6. The van der Waals surface area contributed by atoms with E-state index in [1.807, 2.05) is 31.3 Å². The van der Waals surface area contributed by atoms with Crippen LogP contribution in [-0.2, 0) is 14.6 Å². The van der Waals surface area contributed by atoms with Crippen molar-refractivity contribution in [1.82, 2.24) is 9.80 Å². The molecule has 6 nitrogen and oxygen atoms in total. The number of carbonyl (C=O) groups excluding carboxylic acids is 1. The zero-order valence-electron chi connectivity index (χ0n) is 13.9. The van der Waals surface area contributed by atoms with Crippen LogP contribution < -0.4 is 4.74 Å². The lowest BCUT2D eigenvalue weighted by Gasteiger charge is -2.39. The molecule has 128 valence electrons. The fourth-order valence-electron chi connectivity index (χ4n) is 2.74. The van der Waals surface area contributed by atoms with E-state index < -0.39 is 9.84 Å². The SMILES string of the molecule is COc1cccc(C2CN(C(=O)CCS(C)(=O)=O)CCN2C)c1. The third-order valence-corrected chi connectivity index (χ3v) is 5.11. The molecule has 1 aromatic carbocycles. The molecule has 1 saturated heterocycles. The van der Waals surface area contributed by atoms with Gasteiger partial charge in [-0.2, -0.15) is 0 Å². The Balaban J connectivity index is 2.07. The van der Waals surface area contributed by atoms with Crippen LogP contribution in [0.3, 0.4) is 0 Å². The number of methoxy groups -OCH3 is 1. The van der Waals surface area contributed by atoms with Crippen molar-refractivity contribution in [3.05, 3.63) is 29.8 Å². The third-order valence-electron chi connectivity index (χ3n) is 4.17. The van der Waals surface area contributed by atoms with Gasteiger partial charge >= 0.3 is 0 Å². The average molecular weight is 340 g/mol. The van der Waals surface area contributed by atoms with E-state index in [-0.39, 0.29) is 24.1 Å². The van der Waals surface area contributed by atoms with E-state index in [2.05, 4.69) is 4.90 Å². The molecule has 0 aromatic heterocycles. The number of likely N-dealkylation sites (N-methyl/N-ethyl adjacent to an activating group) is 1. The maximum Gasteiger partial charge on any atom is 0.223 e. The van der Waals surface area contributed by atoms with Crippen molar-refractivity contribution in [2.75, 3.05) is 45.8 Å². The van der Waals surface area contributed by atoms with Crippen molar-refractivity contribution in [2.45, 2.75) is 12.5 Å². The Morgan fingerprint density at radius 2 is 2.09 bits per heavy atom. The second-order valence-corrected chi connectivity index (χ2v) is 8.25. The molecule has 1 amide bonds. The first kappa shape index (κ1) is 17.7. The summed E-state index contributed by atoms with van der Waals surface area (Å²) in [6.07, 6.45) is 1.21. The van der Waals surface area contributed by atoms with E-state index in [4.69, 9.17) is 4.74 Å². The minimum atomic E-state index is -3.12. The van der Waals surface area contributed by atoms with Gasteiger partial charge in [-0.25, -0.2) is 8.42 Å². The molecule has 0 aliphatic carbocycles. The fourth-order valence-corrected chi connectivity index (χ4v) is 3.29. The summed E-state index contributed by atoms with van der Waals surface area (Å²) in [6, 6.07) is 7.91. The van der Waals surface area contributed by atoms with E-state index in [0.717, 1.165) is 24.1 Å². The van der Waals surface area contributed by atoms with Gasteiger partial charge in [-0.1, -0.05) is 12.1 Å². The molecule has 0 N–H and O–H groups in total. The highest BCUT2D eigenvalue weighted by Gasteiger charge is 2.28.